The highest BCUT2D eigenvalue weighted by Gasteiger charge is 2.18. The predicted molar refractivity (Wildman–Crippen MR) is 59.6 cm³/mol. The van der Waals surface area contributed by atoms with E-state index in [0.717, 1.165) is 12.5 Å². The number of carbonyl (C=O) groups excluding carboxylic acids is 1. The molecule has 0 aliphatic carbocycles. The molecule has 100 valence electrons. The Labute approximate surface area is 103 Å². The standard InChI is InChI=1S/C12H14F3NO2/c13-9-5-4-8(10(14)11(9)15)12(18)16-6-2-1-3-7-17/h4-5,17H,1-3,6-7H2,(H,16,18). The first-order valence-corrected chi connectivity index (χ1v) is 5.60. The number of amides is 1. The molecule has 0 saturated heterocycles. The first kappa shape index (κ1) is 14.5. The number of aliphatic hydroxyl groups excluding tert-OH is 1. The highest BCUT2D eigenvalue weighted by molar-refractivity contribution is 5.94. The molecule has 1 amide bonds. The van der Waals surface area contributed by atoms with E-state index in [0.29, 0.717) is 18.9 Å². The van der Waals surface area contributed by atoms with Crippen LogP contribution in [0.3, 0.4) is 0 Å². The number of aliphatic hydroxyl groups is 1. The third-order valence-electron chi connectivity index (χ3n) is 2.40. The Morgan fingerprint density at radius 2 is 1.83 bits per heavy atom. The lowest BCUT2D eigenvalue weighted by atomic mass is 10.1. The summed E-state index contributed by atoms with van der Waals surface area (Å²) in [6.45, 7) is 0.364. The zero-order valence-corrected chi connectivity index (χ0v) is 9.68. The number of unbranched alkanes of at least 4 members (excludes halogenated alkanes) is 2. The van der Waals surface area contributed by atoms with Crippen LogP contribution in [0.25, 0.3) is 0 Å². The van der Waals surface area contributed by atoms with Crippen molar-refractivity contribution >= 4 is 5.91 Å². The SMILES string of the molecule is O=C(NCCCCCO)c1ccc(F)c(F)c1F. The van der Waals surface area contributed by atoms with Crippen LogP contribution in [0.15, 0.2) is 12.1 Å². The minimum atomic E-state index is -1.65. The maximum absolute atomic E-state index is 13.2. The topological polar surface area (TPSA) is 49.3 Å². The van der Waals surface area contributed by atoms with E-state index in [1.54, 1.807) is 0 Å². The fourth-order valence-corrected chi connectivity index (χ4v) is 1.41. The lowest BCUT2D eigenvalue weighted by molar-refractivity contribution is 0.0947. The molecule has 0 aromatic heterocycles. The summed E-state index contributed by atoms with van der Waals surface area (Å²) in [6.07, 6.45) is 1.96. The summed E-state index contributed by atoms with van der Waals surface area (Å²) in [5.74, 6) is -5.24. The Bertz CT molecular complexity index is 424. The van der Waals surface area contributed by atoms with Gasteiger partial charge in [-0.05, 0) is 31.4 Å². The Morgan fingerprint density at radius 1 is 1.11 bits per heavy atom. The number of halogens is 3. The van der Waals surface area contributed by atoms with Gasteiger partial charge in [-0.25, -0.2) is 13.2 Å². The predicted octanol–water partition coefficient (Wildman–Crippen LogP) is 2.00. The molecule has 1 aromatic rings. The molecular formula is C12H14F3NO2. The van der Waals surface area contributed by atoms with Crippen molar-refractivity contribution in [3.05, 3.63) is 35.1 Å². The summed E-state index contributed by atoms with van der Waals surface area (Å²) in [7, 11) is 0. The first-order valence-electron chi connectivity index (χ1n) is 5.60. The monoisotopic (exact) mass is 261 g/mol. The van der Waals surface area contributed by atoms with Gasteiger partial charge >= 0.3 is 0 Å². The largest absolute Gasteiger partial charge is 0.396 e. The van der Waals surface area contributed by atoms with Crippen LogP contribution in [0.2, 0.25) is 0 Å². The quantitative estimate of drug-likeness (QED) is 0.608. The van der Waals surface area contributed by atoms with Crippen LogP contribution < -0.4 is 5.32 Å². The molecule has 0 atom stereocenters. The molecule has 18 heavy (non-hydrogen) atoms. The summed E-state index contributed by atoms with van der Waals surface area (Å²) >= 11 is 0. The summed E-state index contributed by atoms with van der Waals surface area (Å²) in [5.41, 5.74) is -0.518. The molecule has 0 radical (unpaired) electrons. The third-order valence-corrected chi connectivity index (χ3v) is 2.40. The Balaban J connectivity index is 2.54. The molecule has 6 heteroatoms. The third kappa shape index (κ3) is 3.73. The molecule has 1 rings (SSSR count). The van der Waals surface area contributed by atoms with Crippen LogP contribution in [-0.2, 0) is 0 Å². The lowest BCUT2D eigenvalue weighted by Crippen LogP contribution is -2.26. The van der Waals surface area contributed by atoms with E-state index in [-0.39, 0.29) is 13.2 Å². The van der Waals surface area contributed by atoms with Crippen molar-refractivity contribution in [1.82, 2.24) is 5.32 Å². The molecule has 1 aromatic carbocycles. The molecule has 3 nitrogen and oxygen atoms in total. The second kappa shape index (κ2) is 7.00. The minimum Gasteiger partial charge on any atom is -0.396 e. The van der Waals surface area contributed by atoms with E-state index in [4.69, 9.17) is 5.11 Å². The summed E-state index contributed by atoms with van der Waals surface area (Å²) < 4.78 is 38.8. The Morgan fingerprint density at radius 3 is 2.50 bits per heavy atom. The second-order valence-corrected chi connectivity index (χ2v) is 3.76. The molecule has 0 heterocycles. The maximum Gasteiger partial charge on any atom is 0.254 e. The summed E-state index contributed by atoms with van der Waals surface area (Å²) in [4.78, 5) is 11.5. The molecule has 0 unspecified atom stereocenters. The van der Waals surface area contributed by atoms with Gasteiger partial charge in [0.2, 0.25) is 0 Å². The van der Waals surface area contributed by atoms with Gasteiger partial charge in [-0.15, -0.1) is 0 Å². The molecule has 0 fully saturated rings. The average Bonchev–Trinajstić information content (AvgIpc) is 2.35. The van der Waals surface area contributed by atoms with E-state index < -0.39 is 28.9 Å². The Kier molecular flexibility index (Phi) is 5.64. The minimum absolute atomic E-state index is 0.0751. The van der Waals surface area contributed by atoms with Gasteiger partial charge in [-0.3, -0.25) is 4.79 Å². The van der Waals surface area contributed by atoms with Gasteiger partial charge in [-0.1, -0.05) is 0 Å². The van der Waals surface area contributed by atoms with Gasteiger partial charge < -0.3 is 10.4 Å². The van der Waals surface area contributed by atoms with Crippen molar-refractivity contribution < 1.29 is 23.1 Å². The number of rotatable bonds is 6. The van der Waals surface area contributed by atoms with E-state index in [1.165, 1.54) is 0 Å². The van der Waals surface area contributed by atoms with Crippen LogP contribution >= 0.6 is 0 Å². The molecule has 0 saturated carbocycles. The molecule has 2 N–H and O–H groups in total. The highest BCUT2D eigenvalue weighted by Crippen LogP contribution is 2.14. The van der Waals surface area contributed by atoms with Crippen molar-refractivity contribution in [2.24, 2.45) is 0 Å². The average molecular weight is 261 g/mol. The van der Waals surface area contributed by atoms with Crippen molar-refractivity contribution in [3.8, 4) is 0 Å². The van der Waals surface area contributed by atoms with E-state index in [2.05, 4.69) is 5.32 Å². The number of benzene rings is 1. The fourth-order valence-electron chi connectivity index (χ4n) is 1.41. The maximum atomic E-state index is 13.2. The van der Waals surface area contributed by atoms with Gasteiger partial charge in [0.1, 0.15) is 0 Å². The summed E-state index contributed by atoms with van der Waals surface area (Å²) in [6, 6.07) is 1.61. The van der Waals surface area contributed by atoms with Crippen molar-refractivity contribution in [2.45, 2.75) is 19.3 Å². The van der Waals surface area contributed by atoms with Gasteiger partial charge in [0.05, 0.1) is 5.56 Å². The second-order valence-electron chi connectivity index (χ2n) is 3.76. The number of hydrogen-bond donors (Lipinski definition) is 2. The van der Waals surface area contributed by atoms with Gasteiger partial charge in [0, 0.05) is 13.2 Å². The van der Waals surface area contributed by atoms with E-state index >= 15 is 0 Å². The van der Waals surface area contributed by atoms with Gasteiger partial charge in [0.15, 0.2) is 17.5 Å². The van der Waals surface area contributed by atoms with Crippen LogP contribution in [0.5, 0.6) is 0 Å². The van der Waals surface area contributed by atoms with Crippen LogP contribution in [0, 0.1) is 17.5 Å². The lowest BCUT2D eigenvalue weighted by Gasteiger charge is -2.06. The molecule has 0 spiro atoms. The van der Waals surface area contributed by atoms with Gasteiger partial charge in [-0.2, -0.15) is 0 Å². The highest BCUT2D eigenvalue weighted by atomic mass is 19.2. The normalized spacial score (nSPS) is 10.4. The molecule has 0 bridgehead atoms. The number of nitrogens with one attached hydrogen (secondary N) is 1. The zero-order valence-electron chi connectivity index (χ0n) is 9.68. The molecule has 0 aliphatic heterocycles. The van der Waals surface area contributed by atoms with Crippen molar-refractivity contribution in [2.75, 3.05) is 13.2 Å². The Hall–Kier alpha value is -1.56. The van der Waals surface area contributed by atoms with Crippen LogP contribution in [-0.4, -0.2) is 24.2 Å². The van der Waals surface area contributed by atoms with Gasteiger partial charge in [0.25, 0.3) is 5.91 Å². The number of hydrogen-bond acceptors (Lipinski definition) is 2. The van der Waals surface area contributed by atoms with Crippen molar-refractivity contribution in [1.29, 1.82) is 0 Å². The first-order chi connectivity index (χ1) is 8.57. The van der Waals surface area contributed by atoms with E-state index in [9.17, 15) is 18.0 Å². The van der Waals surface area contributed by atoms with Crippen LogP contribution in [0.1, 0.15) is 29.6 Å². The van der Waals surface area contributed by atoms with Crippen LogP contribution in [0.4, 0.5) is 13.2 Å². The summed E-state index contributed by atoms with van der Waals surface area (Å²) in [5, 5.41) is 10.9. The molecule has 0 aliphatic rings. The zero-order chi connectivity index (χ0) is 13.5. The molecular weight excluding hydrogens is 247 g/mol. The number of carbonyl (C=O) groups is 1. The fraction of sp³-hybridized carbons (Fsp3) is 0.417. The van der Waals surface area contributed by atoms with Crippen molar-refractivity contribution in [3.63, 3.8) is 0 Å². The van der Waals surface area contributed by atoms with E-state index in [1.807, 2.05) is 0 Å². The smallest absolute Gasteiger partial charge is 0.254 e.